The van der Waals surface area contributed by atoms with Crippen molar-refractivity contribution in [3.05, 3.63) is 58.3 Å². The standard InChI is InChI=1S/C24H22ClFN6O3/c1-4-35-23(33)24(9-10-24)19-20(25)28-21(30-29-19)18-16-11-17(26)13(2)27-22(16)32(31-18)12-14-5-7-15(34-3)8-6-14/h5-8,11H,4,9-10,12H2,1-3H3. The van der Waals surface area contributed by atoms with Crippen molar-refractivity contribution in [2.75, 3.05) is 13.7 Å². The zero-order valence-electron chi connectivity index (χ0n) is 19.4. The average molecular weight is 497 g/mol. The SMILES string of the molecule is CCOC(=O)C1(c2nnc(-c3nn(Cc4ccc(OC)cc4)c4nc(C)c(F)cc34)nc2Cl)CC1. The summed E-state index contributed by atoms with van der Waals surface area (Å²) in [4.78, 5) is 21.2. The molecule has 0 bridgehead atoms. The molecule has 0 radical (unpaired) electrons. The number of hydrogen-bond acceptors (Lipinski definition) is 8. The lowest BCUT2D eigenvalue weighted by molar-refractivity contribution is -0.146. The zero-order chi connectivity index (χ0) is 24.7. The molecule has 5 rings (SSSR count). The van der Waals surface area contributed by atoms with Gasteiger partial charge in [-0.05, 0) is 50.5 Å². The molecule has 1 aliphatic rings. The molecule has 0 amide bonds. The molecule has 0 N–H and O–H groups in total. The van der Waals surface area contributed by atoms with Gasteiger partial charge < -0.3 is 9.47 Å². The Labute approximate surface area is 205 Å². The van der Waals surface area contributed by atoms with E-state index in [0.717, 1.165) is 11.3 Å². The molecule has 1 aliphatic carbocycles. The minimum atomic E-state index is -0.911. The molecule has 180 valence electrons. The van der Waals surface area contributed by atoms with Crippen LogP contribution < -0.4 is 4.74 Å². The maximum Gasteiger partial charge on any atom is 0.318 e. The van der Waals surface area contributed by atoms with Gasteiger partial charge in [-0.15, -0.1) is 10.2 Å². The van der Waals surface area contributed by atoms with E-state index in [1.165, 1.54) is 6.07 Å². The highest BCUT2D eigenvalue weighted by Gasteiger charge is 2.56. The Balaban J connectivity index is 1.57. The topological polar surface area (TPSA) is 105 Å². The van der Waals surface area contributed by atoms with E-state index in [9.17, 15) is 9.18 Å². The molecule has 0 unspecified atom stereocenters. The van der Waals surface area contributed by atoms with Gasteiger partial charge in [0.2, 0.25) is 5.82 Å². The lowest BCUT2D eigenvalue weighted by Gasteiger charge is -2.13. The van der Waals surface area contributed by atoms with Crippen LogP contribution in [0.4, 0.5) is 4.39 Å². The van der Waals surface area contributed by atoms with Crippen molar-refractivity contribution in [3.63, 3.8) is 0 Å². The smallest absolute Gasteiger partial charge is 0.318 e. The number of esters is 1. The number of aryl methyl sites for hydroxylation is 1. The summed E-state index contributed by atoms with van der Waals surface area (Å²) in [7, 11) is 1.60. The van der Waals surface area contributed by atoms with Crippen molar-refractivity contribution < 1.29 is 18.7 Å². The first-order chi connectivity index (χ1) is 16.9. The van der Waals surface area contributed by atoms with Crippen LogP contribution in [0.15, 0.2) is 30.3 Å². The Morgan fingerprint density at radius 3 is 2.57 bits per heavy atom. The Bertz CT molecular complexity index is 1440. The molecule has 11 heteroatoms. The molecule has 1 fully saturated rings. The highest BCUT2D eigenvalue weighted by molar-refractivity contribution is 6.30. The number of hydrogen-bond donors (Lipinski definition) is 0. The third-order valence-corrected chi connectivity index (χ3v) is 6.33. The second kappa shape index (κ2) is 8.84. The average Bonchev–Trinajstić information content (AvgIpc) is 3.59. The highest BCUT2D eigenvalue weighted by atomic mass is 35.5. The number of nitrogens with zero attached hydrogens (tertiary/aromatic N) is 6. The van der Waals surface area contributed by atoms with Crippen molar-refractivity contribution in [2.24, 2.45) is 0 Å². The Morgan fingerprint density at radius 2 is 1.94 bits per heavy atom. The largest absolute Gasteiger partial charge is 0.497 e. The normalized spacial score (nSPS) is 14.2. The summed E-state index contributed by atoms with van der Waals surface area (Å²) >= 11 is 6.46. The Kier molecular flexibility index (Phi) is 5.84. The number of halogens is 2. The third-order valence-electron chi connectivity index (χ3n) is 6.07. The Hall–Kier alpha value is -3.66. The number of rotatable bonds is 7. The molecule has 3 aromatic heterocycles. The van der Waals surface area contributed by atoms with Gasteiger partial charge in [-0.1, -0.05) is 23.7 Å². The monoisotopic (exact) mass is 496 g/mol. The fraction of sp³-hybridized carbons (Fsp3) is 0.333. The molecule has 0 saturated heterocycles. The van der Waals surface area contributed by atoms with Crippen molar-refractivity contribution >= 4 is 28.6 Å². The second-order valence-corrected chi connectivity index (χ2v) is 8.72. The number of pyridine rings is 1. The van der Waals surface area contributed by atoms with E-state index in [0.29, 0.717) is 36.1 Å². The Morgan fingerprint density at radius 1 is 1.20 bits per heavy atom. The minimum absolute atomic E-state index is 0.0407. The van der Waals surface area contributed by atoms with E-state index < -0.39 is 11.2 Å². The van der Waals surface area contributed by atoms with Gasteiger partial charge in [-0.3, -0.25) is 4.79 Å². The number of methoxy groups -OCH3 is 1. The first kappa shape index (κ1) is 23.1. The maximum atomic E-state index is 14.5. The number of fused-ring (bicyclic) bond motifs is 1. The summed E-state index contributed by atoms with van der Waals surface area (Å²) in [6.45, 7) is 3.97. The van der Waals surface area contributed by atoms with E-state index in [4.69, 9.17) is 21.1 Å². The van der Waals surface area contributed by atoms with E-state index in [1.807, 2.05) is 24.3 Å². The quantitative estimate of drug-likeness (QED) is 0.353. The van der Waals surface area contributed by atoms with Crippen LogP contribution in [0, 0.1) is 12.7 Å². The van der Waals surface area contributed by atoms with Gasteiger partial charge in [0.05, 0.1) is 31.3 Å². The first-order valence-electron chi connectivity index (χ1n) is 11.1. The van der Waals surface area contributed by atoms with Crippen LogP contribution in [0.25, 0.3) is 22.6 Å². The van der Waals surface area contributed by atoms with E-state index in [1.54, 1.807) is 25.6 Å². The van der Waals surface area contributed by atoms with Crippen LogP contribution >= 0.6 is 11.6 Å². The molecule has 0 aliphatic heterocycles. The first-order valence-corrected chi connectivity index (χ1v) is 11.5. The van der Waals surface area contributed by atoms with Crippen molar-refractivity contribution in [1.29, 1.82) is 0 Å². The predicted molar refractivity (Wildman–Crippen MR) is 126 cm³/mol. The fourth-order valence-electron chi connectivity index (χ4n) is 3.97. The van der Waals surface area contributed by atoms with Crippen molar-refractivity contribution in [3.8, 4) is 17.3 Å². The van der Waals surface area contributed by atoms with Crippen molar-refractivity contribution in [1.82, 2.24) is 29.9 Å². The van der Waals surface area contributed by atoms with Gasteiger partial charge in [0.1, 0.15) is 28.4 Å². The van der Waals surface area contributed by atoms with Crippen LogP contribution in [0.2, 0.25) is 5.15 Å². The zero-order valence-corrected chi connectivity index (χ0v) is 20.1. The number of ether oxygens (including phenoxy) is 2. The van der Waals surface area contributed by atoms with Gasteiger partial charge in [-0.2, -0.15) is 5.10 Å². The van der Waals surface area contributed by atoms with Crippen LogP contribution in [0.3, 0.4) is 0 Å². The summed E-state index contributed by atoms with van der Waals surface area (Å²) in [5.74, 6) is -0.0115. The van der Waals surface area contributed by atoms with Gasteiger partial charge in [-0.25, -0.2) is 19.0 Å². The number of carbonyl (C=O) groups excluding carboxylic acids is 1. The molecule has 1 aromatic carbocycles. The van der Waals surface area contributed by atoms with Gasteiger partial charge >= 0.3 is 5.97 Å². The molecular weight excluding hydrogens is 475 g/mol. The van der Waals surface area contributed by atoms with Gasteiger partial charge in [0, 0.05) is 0 Å². The molecule has 35 heavy (non-hydrogen) atoms. The third kappa shape index (κ3) is 4.07. The molecule has 4 aromatic rings. The molecule has 9 nitrogen and oxygen atoms in total. The number of aromatic nitrogens is 6. The van der Waals surface area contributed by atoms with E-state index in [-0.39, 0.29) is 34.9 Å². The van der Waals surface area contributed by atoms with Crippen LogP contribution in [0.5, 0.6) is 5.75 Å². The molecule has 1 saturated carbocycles. The lowest BCUT2D eigenvalue weighted by atomic mass is 10.0. The highest BCUT2D eigenvalue weighted by Crippen LogP contribution is 2.50. The molecule has 3 heterocycles. The fourth-order valence-corrected chi connectivity index (χ4v) is 4.27. The summed E-state index contributed by atoms with van der Waals surface area (Å²) in [5.41, 5.74) is 1.33. The summed E-state index contributed by atoms with van der Waals surface area (Å²) in [5, 5.41) is 13.5. The predicted octanol–water partition coefficient (Wildman–Crippen LogP) is 4.04. The van der Waals surface area contributed by atoms with Crippen LogP contribution in [0.1, 0.15) is 36.7 Å². The summed E-state index contributed by atoms with van der Waals surface area (Å²) < 4.78 is 26.5. The molecular formula is C24H22ClFN6O3. The van der Waals surface area contributed by atoms with E-state index >= 15 is 0 Å². The van der Waals surface area contributed by atoms with Gasteiger partial charge in [0.15, 0.2) is 10.8 Å². The minimum Gasteiger partial charge on any atom is -0.497 e. The van der Waals surface area contributed by atoms with E-state index in [2.05, 4.69) is 25.3 Å². The second-order valence-electron chi connectivity index (χ2n) is 8.36. The number of benzene rings is 1. The van der Waals surface area contributed by atoms with Crippen molar-refractivity contribution in [2.45, 2.75) is 38.6 Å². The van der Waals surface area contributed by atoms with Gasteiger partial charge in [0.25, 0.3) is 0 Å². The summed E-state index contributed by atoms with van der Waals surface area (Å²) in [6.07, 6.45) is 1.13. The van der Waals surface area contributed by atoms with Crippen LogP contribution in [-0.2, 0) is 21.5 Å². The molecule has 0 atom stereocenters. The maximum absolute atomic E-state index is 14.5. The number of carbonyl (C=O) groups is 1. The van der Waals surface area contributed by atoms with Crippen LogP contribution in [-0.4, -0.2) is 49.6 Å². The lowest BCUT2D eigenvalue weighted by Crippen LogP contribution is -2.25. The summed E-state index contributed by atoms with van der Waals surface area (Å²) in [6, 6.07) is 8.88. The molecule has 0 spiro atoms.